The van der Waals surface area contributed by atoms with Crippen molar-refractivity contribution in [3.63, 3.8) is 0 Å². The molecule has 0 bridgehead atoms. The molecular formula is C14H21N3O3. The highest BCUT2D eigenvalue weighted by atomic mass is 16.4. The number of likely N-dealkylation sites (tertiary alicyclic amines) is 1. The van der Waals surface area contributed by atoms with Crippen LogP contribution < -0.4 is 0 Å². The fraction of sp³-hybridized carbons (Fsp3) is 0.643. The van der Waals surface area contributed by atoms with Crippen LogP contribution in [0.4, 0.5) is 0 Å². The van der Waals surface area contributed by atoms with E-state index in [2.05, 4.69) is 5.10 Å². The smallest absolute Gasteiger partial charge is 0.326 e. The summed E-state index contributed by atoms with van der Waals surface area (Å²) in [7, 11) is 1.85. The number of hydrogen-bond acceptors (Lipinski definition) is 3. The van der Waals surface area contributed by atoms with Gasteiger partial charge in [-0.15, -0.1) is 0 Å². The van der Waals surface area contributed by atoms with Crippen molar-refractivity contribution in [1.29, 1.82) is 0 Å². The van der Waals surface area contributed by atoms with Crippen LogP contribution in [0.25, 0.3) is 0 Å². The summed E-state index contributed by atoms with van der Waals surface area (Å²) in [5, 5.41) is 13.5. The molecule has 1 aromatic rings. The van der Waals surface area contributed by atoms with E-state index in [9.17, 15) is 14.7 Å². The third-order valence-corrected chi connectivity index (χ3v) is 4.19. The molecule has 1 aromatic heterocycles. The molecule has 6 heteroatoms. The summed E-state index contributed by atoms with van der Waals surface area (Å²) in [6.07, 6.45) is 1.29. The second kappa shape index (κ2) is 5.26. The van der Waals surface area contributed by atoms with Crippen LogP contribution in [-0.4, -0.2) is 44.3 Å². The molecule has 0 radical (unpaired) electrons. The van der Waals surface area contributed by atoms with Gasteiger partial charge in [0.1, 0.15) is 6.04 Å². The fourth-order valence-electron chi connectivity index (χ4n) is 3.08. The molecule has 1 unspecified atom stereocenters. The second-order valence-corrected chi connectivity index (χ2v) is 5.46. The van der Waals surface area contributed by atoms with Gasteiger partial charge in [0.25, 0.3) is 0 Å². The third-order valence-electron chi connectivity index (χ3n) is 4.19. The molecule has 1 fully saturated rings. The summed E-state index contributed by atoms with van der Waals surface area (Å²) in [6.45, 7) is 6.16. The molecule has 1 aliphatic heterocycles. The number of aromatic nitrogens is 2. The Labute approximate surface area is 118 Å². The molecule has 1 N–H and O–H groups in total. The Kier molecular flexibility index (Phi) is 3.83. The van der Waals surface area contributed by atoms with Gasteiger partial charge in [0.05, 0.1) is 11.6 Å². The Balaban J connectivity index is 2.27. The maximum absolute atomic E-state index is 12.6. The molecule has 110 valence electrons. The number of carbonyl (C=O) groups excluding carboxylic acids is 1. The van der Waals surface area contributed by atoms with E-state index < -0.39 is 12.0 Å². The Morgan fingerprint density at radius 2 is 2.05 bits per heavy atom. The molecule has 20 heavy (non-hydrogen) atoms. The maximum atomic E-state index is 12.6. The standard InChI is InChI=1S/C14H21N3O3/c1-8(12-9(2)15-16(4)10(12)3)13(18)17-7-5-6-11(17)14(19)20/h8,11H,5-7H2,1-4H3,(H,19,20)/t8?,11-/m1/s1. The van der Waals surface area contributed by atoms with Crippen LogP contribution in [-0.2, 0) is 16.6 Å². The van der Waals surface area contributed by atoms with Gasteiger partial charge in [-0.05, 0) is 33.6 Å². The van der Waals surface area contributed by atoms with Crippen LogP contribution in [0.5, 0.6) is 0 Å². The molecule has 2 atom stereocenters. The van der Waals surface area contributed by atoms with E-state index >= 15 is 0 Å². The van der Waals surface area contributed by atoms with Crippen molar-refractivity contribution in [3.8, 4) is 0 Å². The van der Waals surface area contributed by atoms with Crippen LogP contribution >= 0.6 is 0 Å². The number of hydrogen-bond donors (Lipinski definition) is 1. The Hall–Kier alpha value is -1.85. The van der Waals surface area contributed by atoms with E-state index in [0.29, 0.717) is 13.0 Å². The van der Waals surface area contributed by atoms with Gasteiger partial charge in [-0.2, -0.15) is 5.10 Å². The maximum Gasteiger partial charge on any atom is 0.326 e. The van der Waals surface area contributed by atoms with E-state index in [1.807, 2.05) is 27.8 Å². The van der Waals surface area contributed by atoms with Gasteiger partial charge in [-0.3, -0.25) is 9.48 Å². The predicted molar refractivity (Wildman–Crippen MR) is 73.5 cm³/mol. The van der Waals surface area contributed by atoms with Crippen molar-refractivity contribution >= 4 is 11.9 Å². The molecule has 1 saturated heterocycles. The van der Waals surface area contributed by atoms with Gasteiger partial charge in [0.15, 0.2) is 0 Å². The zero-order valence-corrected chi connectivity index (χ0v) is 12.4. The first-order valence-corrected chi connectivity index (χ1v) is 6.88. The molecule has 2 rings (SSSR count). The van der Waals surface area contributed by atoms with Crippen molar-refractivity contribution in [2.75, 3.05) is 6.54 Å². The molecule has 1 amide bonds. The average Bonchev–Trinajstić information content (AvgIpc) is 2.94. The second-order valence-electron chi connectivity index (χ2n) is 5.46. The van der Waals surface area contributed by atoms with Gasteiger partial charge in [-0.1, -0.05) is 0 Å². The normalized spacial score (nSPS) is 20.2. The van der Waals surface area contributed by atoms with E-state index in [1.165, 1.54) is 4.90 Å². The van der Waals surface area contributed by atoms with E-state index in [-0.39, 0.29) is 11.8 Å². The lowest BCUT2D eigenvalue weighted by atomic mass is 9.97. The van der Waals surface area contributed by atoms with E-state index in [1.54, 1.807) is 4.68 Å². The SMILES string of the molecule is Cc1nn(C)c(C)c1C(C)C(=O)N1CCC[C@@H]1C(=O)O. The summed E-state index contributed by atoms with van der Waals surface area (Å²) in [4.78, 5) is 25.3. The summed E-state index contributed by atoms with van der Waals surface area (Å²) in [5.74, 6) is -1.39. The van der Waals surface area contributed by atoms with Crippen LogP contribution in [0.15, 0.2) is 0 Å². The molecule has 0 aromatic carbocycles. The lowest BCUT2D eigenvalue weighted by Crippen LogP contribution is -2.42. The molecule has 0 spiro atoms. The number of nitrogens with zero attached hydrogens (tertiary/aromatic N) is 3. The fourth-order valence-corrected chi connectivity index (χ4v) is 3.08. The highest BCUT2D eigenvalue weighted by Crippen LogP contribution is 2.28. The first-order valence-electron chi connectivity index (χ1n) is 6.88. The van der Waals surface area contributed by atoms with E-state index in [4.69, 9.17) is 0 Å². The highest BCUT2D eigenvalue weighted by molar-refractivity contribution is 5.88. The number of carboxylic acids is 1. The minimum Gasteiger partial charge on any atom is -0.480 e. The number of rotatable bonds is 3. The minimum absolute atomic E-state index is 0.117. The summed E-state index contributed by atoms with van der Waals surface area (Å²) in [5.41, 5.74) is 2.69. The Morgan fingerprint density at radius 3 is 2.55 bits per heavy atom. The number of aliphatic carboxylic acids is 1. The van der Waals surface area contributed by atoms with Crippen LogP contribution in [0.2, 0.25) is 0 Å². The number of amides is 1. The number of carbonyl (C=O) groups is 2. The Morgan fingerprint density at radius 1 is 1.40 bits per heavy atom. The monoisotopic (exact) mass is 279 g/mol. The molecule has 0 saturated carbocycles. The van der Waals surface area contributed by atoms with Crippen LogP contribution in [0, 0.1) is 13.8 Å². The lowest BCUT2D eigenvalue weighted by molar-refractivity contribution is -0.148. The molecule has 1 aliphatic rings. The zero-order chi connectivity index (χ0) is 15.0. The zero-order valence-electron chi connectivity index (χ0n) is 12.4. The van der Waals surface area contributed by atoms with Crippen molar-refractivity contribution in [3.05, 3.63) is 17.0 Å². The Bertz CT molecular complexity index is 550. The summed E-state index contributed by atoms with van der Waals surface area (Å²) >= 11 is 0. The van der Waals surface area contributed by atoms with Crippen molar-refractivity contribution in [1.82, 2.24) is 14.7 Å². The first kappa shape index (κ1) is 14.6. The van der Waals surface area contributed by atoms with Gasteiger partial charge >= 0.3 is 5.97 Å². The molecule has 0 aliphatic carbocycles. The van der Waals surface area contributed by atoms with Gasteiger partial charge in [-0.25, -0.2) is 4.79 Å². The van der Waals surface area contributed by atoms with E-state index in [0.717, 1.165) is 23.4 Å². The predicted octanol–water partition coefficient (Wildman–Crippen LogP) is 1.22. The van der Waals surface area contributed by atoms with Crippen molar-refractivity contribution in [2.24, 2.45) is 7.05 Å². The lowest BCUT2D eigenvalue weighted by Gasteiger charge is -2.25. The van der Waals surface area contributed by atoms with Gasteiger partial charge in [0, 0.05) is 24.8 Å². The topological polar surface area (TPSA) is 75.4 Å². The quantitative estimate of drug-likeness (QED) is 0.902. The summed E-state index contributed by atoms with van der Waals surface area (Å²) in [6, 6.07) is -0.678. The van der Waals surface area contributed by atoms with Crippen molar-refractivity contribution in [2.45, 2.75) is 45.6 Å². The minimum atomic E-state index is -0.914. The summed E-state index contributed by atoms with van der Waals surface area (Å²) < 4.78 is 1.76. The van der Waals surface area contributed by atoms with Gasteiger partial charge in [0.2, 0.25) is 5.91 Å². The molecular weight excluding hydrogens is 258 g/mol. The largest absolute Gasteiger partial charge is 0.480 e. The number of aryl methyl sites for hydroxylation is 2. The molecule has 2 heterocycles. The van der Waals surface area contributed by atoms with Crippen molar-refractivity contribution < 1.29 is 14.7 Å². The van der Waals surface area contributed by atoms with Gasteiger partial charge < -0.3 is 10.0 Å². The molecule has 6 nitrogen and oxygen atoms in total. The third kappa shape index (κ3) is 2.30. The highest BCUT2D eigenvalue weighted by Gasteiger charge is 2.37. The first-order chi connectivity index (χ1) is 9.34. The number of carboxylic acid groups (broad SMARTS) is 1. The van der Waals surface area contributed by atoms with Crippen LogP contribution in [0.3, 0.4) is 0 Å². The van der Waals surface area contributed by atoms with Crippen LogP contribution in [0.1, 0.15) is 42.6 Å². The average molecular weight is 279 g/mol.